The molecule has 0 radical (unpaired) electrons. The third-order valence-electron chi connectivity index (χ3n) is 5.68. The van der Waals surface area contributed by atoms with E-state index in [2.05, 4.69) is 13.2 Å². The zero-order valence-electron chi connectivity index (χ0n) is 13.5. The SMILES string of the molecule is C=Cc1c(N)c(C2CCCC2)c(N)c(C=C)c1C1CCCC1. The summed E-state index contributed by atoms with van der Waals surface area (Å²) in [5, 5.41) is 0. The average molecular weight is 296 g/mol. The highest BCUT2D eigenvalue weighted by atomic mass is 14.7. The molecule has 0 atom stereocenters. The molecular weight excluding hydrogens is 268 g/mol. The first-order valence-electron chi connectivity index (χ1n) is 8.68. The van der Waals surface area contributed by atoms with E-state index in [0.29, 0.717) is 11.8 Å². The van der Waals surface area contributed by atoms with Gasteiger partial charge in [-0.3, -0.25) is 0 Å². The molecule has 0 amide bonds. The van der Waals surface area contributed by atoms with Crippen LogP contribution in [0, 0.1) is 0 Å². The lowest BCUT2D eigenvalue weighted by Crippen LogP contribution is -2.12. The summed E-state index contributed by atoms with van der Waals surface area (Å²) in [6.45, 7) is 8.08. The van der Waals surface area contributed by atoms with Gasteiger partial charge in [-0.15, -0.1) is 0 Å². The fraction of sp³-hybridized carbons (Fsp3) is 0.500. The third-order valence-corrected chi connectivity index (χ3v) is 5.68. The van der Waals surface area contributed by atoms with Gasteiger partial charge in [0.05, 0.1) is 0 Å². The van der Waals surface area contributed by atoms with E-state index in [1.165, 1.54) is 62.5 Å². The largest absolute Gasteiger partial charge is 0.398 e. The highest BCUT2D eigenvalue weighted by molar-refractivity contribution is 5.85. The fourth-order valence-electron chi connectivity index (χ4n) is 4.62. The van der Waals surface area contributed by atoms with E-state index >= 15 is 0 Å². The van der Waals surface area contributed by atoms with Crippen molar-refractivity contribution in [1.29, 1.82) is 0 Å². The monoisotopic (exact) mass is 296 g/mol. The minimum atomic E-state index is 0.509. The molecule has 0 spiro atoms. The zero-order valence-corrected chi connectivity index (χ0v) is 13.5. The van der Waals surface area contributed by atoms with Crippen LogP contribution in [0.1, 0.15) is 85.5 Å². The zero-order chi connectivity index (χ0) is 15.7. The third kappa shape index (κ3) is 2.35. The molecule has 0 bridgehead atoms. The number of anilines is 2. The Hall–Kier alpha value is -1.70. The molecule has 22 heavy (non-hydrogen) atoms. The van der Waals surface area contributed by atoms with Crippen LogP contribution in [-0.4, -0.2) is 0 Å². The molecule has 0 saturated heterocycles. The summed E-state index contributed by atoms with van der Waals surface area (Å²) in [7, 11) is 0. The molecule has 0 unspecified atom stereocenters. The van der Waals surface area contributed by atoms with Crippen molar-refractivity contribution in [3.8, 4) is 0 Å². The average Bonchev–Trinajstić information content (AvgIpc) is 3.20. The van der Waals surface area contributed by atoms with Gasteiger partial charge in [0.15, 0.2) is 0 Å². The van der Waals surface area contributed by atoms with Crippen LogP contribution in [-0.2, 0) is 0 Å². The van der Waals surface area contributed by atoms with Crippen molar-refractivity contribution in [1.82, 2.24) is 0 Å². The van der Waals surface area contributed by atoms with Gasteiger partial charge in [-0.1, -0.05) is 51.0 Å². The minimum Gasteiger partial charge on any atom is -0.398 e. The predicted molar refractivity (Wildman–Crippen MR) is 97.9 cm³/mol. The molecule has 4 N–H and O–H groups in total. The number of nitrogens with two attached hydrogens (primary N) is 2. The molecule has 2 aliphatic rings. The van der Waals surface area contributed by atoms with E-state index in [1.807, 2.05) is 12.2 Å². The molecule has 2 fully saturated rings. The molecule has 0 aliphatic heterocycles. The Kier molecular flexibility index (Phi) is 4.28. The van der Waals surface area contributed by atoms with Gasteiger partial charge in [0.1, 0.15) is 0 Å². The Labute approximate surface area is 134 Å². The van der Waals surface area contributed by atoms with Gasteiger partial charge in [-0.2, -0.15) is 0 Å². The Morgan fingerprint density at radius 1 is 0.682 bits per heavy atom. The van der Waals surface area contributed by atoms with Crippen molar-refractivity contribution in [2.75, 3.05) is 11.5 Å². The van der Waals surface area contributed by atoms with E-state index in [-0.39, 0.29) is 0 Å². The van der Waals surface area contributed by atoms with Crippen molar-refractivity contribution in [3.63, 3.8) is 0 Å². The van der Waals surface area contributed by atoms with Crippen molar-refractivity contribution >= 4 is 23.5 Å². The van der Waals surface area contributed by atoms with Crippen LogP contribution in [0.4, 0.5) is 11.4 Å². The first-order valence-corrected chi connectivity index (χ1v) is 8.68. The van der Waals surface area contributed by atoms with E-state index < -0.39 is 0 Å². The van der Waals surface area contributed by atoms with Crippen LogP contribution in [0.25, 0.3) is 12.2 Å². The molecule has 0 aromatic heterocycles. The quantitative estimate of drug-likeness (QED) is 0.726. The molecule has 2 nitrogen and oxygen atoms in total. The molecule has 2 heteroatoms. The summed E-state index contributed by atoms with van der Waals surface area (Å²) in [5.74, 6) is 1.07. The first kappa shape index (κ1) is 15.2. The first-order chi connectivity index (χ1) is 10.7. The van der Waals surface area contributed by atoms with E-state index in [9.17, 15) is 0 Å². The van der Waals surface area contributed by atoms with Gasteiger partial charge in [0.2, 0.25) is 0 Å². The minimum absolute atomic E-state index is 0.509. The molecule has 118 valence electrons. The Balaban J connectivity index is 2.22. The van der Waals surface area contributed by atoms with Gasteiger partial charge in [-0.05, 0) is 43.1 Å². The molecule has 1 aromatic rings. The predicted octanol–water partition coefficient (Wildman–Crippen LogP) is 5.45. The standard InChI is InChI=1S/C20H28N2/c1-3-15-17(13-9-5-6-10-13)16(4-2)20(22)18(19(15)21)14-11-7-8-12-14/h3-4,13-14H,1-2,5-12,21-22H2. The second kappa shape index (κ2) is 6.20. The van der Waals surface area contributed by atoms with Crippen molar-refractivity contribution < 1.29 is 0 Å². The van der Waals surface area contributed by atoms with E-state index in [0.717, 1.165) is 22.5 Å². The van der Waals surface area contributed by atoms with Crippen LogP contribution >= 0.6 is 0 Å². The molecule has 1 aromatic carbocycles. The fourth-order valence-corrected chi connectivity index (χ4v) is 4.62. The lowest BCUT2D eigenvalue weighted by atomic mass is 9.81. The van der Waals surface area contributed by atoms with Gasteiger partial charge in [0, 0.05) is 28.1 Å². The maximum absolute atomic E-state index is 6.58. The maximum atomic E-state index is 6.58. The number of hydrogen-bond donors (Lipinski definition) is 2. The van der Waals surface area contributed by atoms with Crippen molar-refractivity contribution in [3.05, 3.63) is 35.4 Å². The van der Waals surface area contributed by atoms with Gasteiger partial charge in [0.25, 0.3) is 0 Å². The topological polar surface area (TPSA) is 52.0 Å². The summed E-state index contributed by atoms with van der Waals surface area (Å²) < 4.78 is 0. The summed E-state index contributed by atoms with van der Waals surface area (Å²) in [6.07, 6.45) is 13.9. The van der Waals surface area contributed by atoms with Gasteiger partial charge >= 0.3 is 0 Å². The molecular formula is C20H28N2. The highest BCUT2D eigenvalue weighted by Crippen LogP contribution is 2.48. The van der Waals surface area contributed by atoms with Crippen molar-refractivity contribution in [2.45, 2.75) is 63.2 Å². The molecule has 0 heterocycles. The Morgan fingerprint density at radius 3 is 1.41 bits per heavy atom. The van der Waals surface area contributed by atoms with Crippen LogP contribution in [0.5, 0.6) is 0 Å². The summed E-state index contributed by atoms with van der Waals surface area (Å²) >= 11 is 0. The number of hydrogen-bond acceptors (Lipinski definition) is 2. The summed E-state index contributed by atoms with van der Waals surface area (Å²) in [5.41, 5.74) is 19.6. The van der Waals surface area contributed by atoms with Gasteiger partial charge < -0.3 is 11.5 Å². The smallest absolute Gasteiger partial charge is 0.0446 e. The van der Waals surface area contributed by atoms with Gasteiger partial charge in [-0.25, -0.2) is 0 Å². The number of benzene rings is 1. The second-order valence-corrected chi connectivity index (χ2v) is 6.85. The van der Waals surface area contributed by atoms with Crippen molar-refractivity contribution in [2.24, 2.45) is 0 Å². The number of rotatable bonds is 4. The van der Waals surface area contributed by atoms with Crippen LogP contribution < -0.4 is 11.5 Å². The lowest BCUT2D eigenvalue weighted by Gasteiger charge is -2.26. The summed E-state index contributed by atoms with van der Waals surface area (Å²) in [4.78, 5) is 0. The second-order valence-electron chi connectivity index (χ2n) is 6.85. The van der Waals surface area contributed by atoms with Crippen LogP contribution in [0.15, 0.2) is 13.2 Å². The van der Waals surface area contributed by atoms with E-state index in [4.69, 9.17) is 11.5 Å². The maximum Gasteiger partial charge on any atom is 0.0446 e. The van der Waals surface area contributed by atoms with E-state index in [1.54, 1.807) is 0 Å². The lowest BCUT2D eigenvalue weighted by molar-refractivity contribution is 0.710. The Morgan fingerprint density at radius 2 is 1.05 bits per heavy atom. The normalized spacial score (nSPS) is 19.6. The highest BCUT2D eigenvalue weighted by Gasteiger charge is 2.29. The molecule has 3 rings (SSSR count). The molecule has 2 aliphatic carbocycles. The molecule has 2 saturated carbocycles. The van der Waals surface area contributed by atoms with Crippen LogP contribution in [0.2, 0.25) is 0 Å². The number of nitrogen functional groups attached to an aromatic ring is 2. The Bertz CT molecular complexity index is 553. The summed E-state index contributed by atoms with van der Waals surface area (Å²) in [6, 6.07) is 0. The van der Waals surface area contributed by atoms with Crippen LogP contribution in [0.3, 0.4) is 0 Å².